The van der Waals surface area contributed by atoms with E-state index >= 15 is 0 Å². The number of thiol groups is 1. The van der Waals surface area contributed by atoms with E-state index in [-0.39, 0.29) is 5.37 Å². The SMILES string of the molecule is NCCCNC(S)Cc1ccccc1. The van der Waals surface area contributed by atoms with Crippen LogP contribution in [0.2, 0.25) is 0 Å². The van der Waals surface area contributed by atoms with Crippen LogP contribution in [0.25, 0.3) is 0 Å². The average Bonchev–Trinajstić information content (AvgIpc) is 2.20. The molecule has 3 N–H and O–H groups in total. The van der Waals surface area contributed by atoms with Gasteiger partial charge in [0.2, 0.25) is 0 Å². The van der Waals surface area contributed by atoms with E-state index in [1.165, 1.54) is 5.56 Å². The predicted octanol–water partition coefficient (Wildman–Crippen LogP) is 1.42. The van der Waals surface area contributed by atoms with Gasteiger partial charge in [0.1, 0.15) is 0 Å². The lowest BCUT2D eigenvalue weighted by molar-refractivity contribution is 0.624. The van der Waals surface area contributed by atoms with Crippen molar-refractivity contribution in [1.29, 1.82) is 0 Å². The molecule has 14 heavy (non-hydrogen) atoms. The molecule has 0 aliphatic carbocycles. The summed E-state index contributed by atoms with van der Waals surface area (Å²) in [6.45, 7) is 1.68. The molecule has 0 aliphatic heterocycles. The minimum atomic E-state index is 0.226. The van der Waals surface area contributed by atoms with Crippen LogP contribution in [0.4, 0.5) is 0 Å². The number of benzene rings is 1. The van der Waals surface area contributed by atoms with Gasteiger partial charge in [0.15, 0.2) is 0 Å². The number of nitrogens with one attached hydrogen (secondary N) is 1. The molecule has 0 amide bonds. The smallest absolute Gasteiger partial charge is 0.0543 e. The second kappa shape index (κ2) is 6.87. The molecule has 1 atom stereocenters. The molecule has 0 fully saturated rings. The topological polar surface area (TPSA) is 38.0 Å². The van der Waals surface area contributed by atoms with Crippen molar-refractivity contribution in [3.05, 3.63) is 35.9 Å². The van der Waals surface area contributed by atoms with Crippen molar-refractivity contribution in [2.24, 2.45) is 5.73 Å². The number of nitrogens with two attached hydrogens (primary N) is 1. The zero-order valence-corrected chi connectivity index (χ0v) is 9.21. The van der Waals surface area contributed by atoms with Gasteiger partial charge in [0, 0.05) is 0 Å². The molecule has 0 aromatic heterocycles. The van der Waals surface area contributed by atoms with Crippen molar-refractivity contribution in [3.8, 4) is 0 Å². The third kappa shape index (κ3) is 4.65. The van der Waals surface area contributed by atoms with Gasteiger partial charge in [-0.3, -0.25) is 0 Å². The van der Waals surface area contributed by atoms with Crippen LogP contribution in [0, 0.1) is 0 Å². The summed E-state index contributed by atoms with van der Waals surface area (Å²) >= 11 is 4.46. The molecule has 0 aliphatic rings. The fourth-order valence-corrected chi connectivity index (χ4v) is 1.62. The van der Waals surface area contributed by atoms with E-state index in [1.807, 2.05) is 6.07 Å². The van der Waals surface area contributed by atoms with Crippen molar-refractivity contribution in [2.45, 2.75) is 18.2 Å². The van der Waals surface area contributed by atoms with Crippen LogP contribution in [-0.4, -0.2) is 18.5 Å². The van der Waals surface area contributed by atoms with E-state index in [1.54, 1.807) is 0 Å². The normalized spacial score (nSPS) is 12.7. The van der Waals surface area contributed by atoms with Crippen molar-refractivity contribution in [1.82, 2.24) is 5.32 Å². The number of hydrogen-bond acceptors (Lipinski definition) is 3. The van der Waals surface area contributed by atoms with Gasteiger partial charge in [-0.1, -0.05) is 30.3 Å². The Morgan fingerprint density at radius 1 is 1.29 bits per heavy atom. The largest absolute Gasteiger partial charge is 0.330 e. The van der Waals surface area contributed by atoms with Crippen LogP contribution in [0.1, 0.15) is 12.0 Å². The summed E-state index contributed by atoms with van der Waals surface area (Å²) in [6, 6.07) is 10.4. The Hall–Kier alpha value is -0.510. The lowest BCUT2D eigenvalue weighted by atomic mass is 10.1. The van der Waals surface area contributed by atoms with E-state index in [0.717, 1.165) is 25.9 Å². The maximum absolute atomic E-state index is 5.40. The van der Waals surface area contributed by atoms with Gasteiger partial charge < -0.3 is 11.1 Å². The lowest BCUT2D eigenvalue weighted by Crippen LogP contribution is -2.28. The highest BCUT2D eigenvalue weighted by Gasteiger charge is 2.01. The van der Waals surface area contributed by atoms with Crippen LogP contribution >= 0.6 is 12.6 Å². The fourth-order valence-electron chi connectivity index (χ4n) is 1.28. The van der Waals surface area contributed by atoms with Crippen LogP contribution in [0.3, 0.4) is 0 Å². The van der Waals surface area contributed by atoms with E-state index in [4.69, 9.17) is 5.73 Å². The number of rotatable bonds is 6. The lowest BCUT2D eigenvalue weighted by Gasteiger charge is -2.12. The molecule has 0 radical (unpaired) electrons. The van der Waals surface area contributed by atoms with Gasteiger partial charge in [0.25, 0.3) is 0 Å². The van der Waals surface area contributed by atoms with Gasteiger partial charge in [-0.15, -0.1) is 0 Å². The van der Waals surface area contributed by atoms with Gasteiger partial charge in [-0.2, -0.15) is 12.6 Å². The monoisotopic (exact) mass is 210 g/mol. The quantitative estimate of drug-likeness (QED) is 0.377. The van der Waals surface area contributed by atoms with Crippen molar-refractivity contribution in [3.63, 3.8) is 0 Å². The summed E-state index contributed by atoms with van der Waals surface area (Å²) in [5.74, 6) is 0. The molecule has 0 heterocycles. The van der Waals surface area contributed by atoms with Gasteiger partial charge >= 0.3 is 0 Å². The van der Waals surface area contributed by atoms with E-state index in [2.05, 4.69) is 42.2 Å². The molecule has 1 rings (SSSR count). The molecule has 0 bridgehead atoms. The fraction of sp³-hybridized carbons (Fsp3) is 0.455. The first-order valence-corrected chi connectivity index (χ1v) is 5.50. The van der Waals surface area contributed by atoms with Gasteiger partial charge in [-0.05, 0) is 31.5 Å². The molecule has 3 heteroatoms. The summed E-state index contributed by atoms with van der Waals surface area (Å²) in [5, 5.41) is 3.54. The van der Waals surface area contributed by atoms with E-state index in [0.29, 0.717) is 0 Å². The summed E-state index contributed by atoms with van der Waals surface area (Å²) in [4.78, 5) is 0. The minimum Gasteiger partial charge on any atom is -0.330 e. The molecule has 0 spiro atoms. The van der Waals surface area contributed by atoms with Gasteiger partial charge in [0.05, 0.1) is 5.37 Å². The first-order valence-electron chi connectivity index (χ1n) is 4.98. The zero-order valence-electron chi connectivity index (χ0n) is 8.32. The molecular formula is C11H18N2S. The van der Waals surface area contributed by atoms with E-state index < -0.39 is 0 Å². The van der Waals surface area contributed by atoms with Crippen molar-refractivity contribution < 1.29 is 0 Å². The average molecular weight is 210 g/mol. The Morgan fingerprint density at radius 3 is 2.64 bits per heavy atom. The molecular weight excluding hydrogens is 192 g/mol. The molecule has 1 unspecified atom stereocenters. The molecule has 2 nitrogen and oxygen atoms in total. The van der Waals surface area contributed by atoms with Crippen molar-refractivity contribution in [2.75, 3.05) is 13.1 Å². The Bertz CT molecular complexity index is 238. The van der Waals surface area contributed by atoms with Crippen LogP contribution in [0.5, 0.6) is 0 Å². The zero-order chi connectivity index (χ0) is 10.2. The second-order valence-electron chi connectivity index (χ2n) is 3.30. The summed E-state index contributed by atoms with van der Waals surface area (Å²) in [5.41, 5.74) is 6.72. The van der Waals surface area contributed by atoms with Crippen LogP contribution in [0.15, 0.2) is 30.3 Å². The predicted molar refractivity (Wildman–Crippen MR) is 64.6 cm³/mol. The third-order valence-electron chi connectivity index (χ3n) is 2.03. The molecule has 0 saturated heterocycles. The van der Waals surface area contributed by atoms with Gasteiger partial charge in [-0.25, -0.2) is 0 Å². The summed E-state index contributed by atoms with van der Waals surface area (Å²) in [7, 11) is 0. The third-order valence-corrected chi connectivity index (χ3v) is 2.40. The van der Waals surface area contributed by atoms with Crippen molar-refractivity contribution >= 4 is 12.6 Å². The Morgan fingerprint density at radius 2 is 2.00 bits per heavy atom. The minimum absolute atomic E-state index is 0.226. The van der Waals surface area contributed by atoms with Crippen LogP contribution in [-0.2, 0) is 6.42 Å². The maximum atomic E-state index is 5.40. The molecule has 1 aromatic rings. The molecule has 78 valence electrons. The highest BCUT2D eigenvalue weighted by molar-refractivity contribution is 7.80. The first kappa shape index (κ1) is 11.6. The molecule has 1 aromatic carbocycles. The first-order chi connectivity index (χ1) is 6.83. The summed E-state index contributed by atoms with van der Waals surface area (Å²) < 4.78 is 0. The summed E-state index contributed by atoms with van der Waals surface area (Å²) in [6.07, 6.45) is 1.96. The second-order valence-corrected chi connectivity index (χ2v) is 3.93. The Labute approximate surface area is 91.3 Å². The standard InChI is InChI=1S/C11H18N2S/c12-7-4-8-13-11(14)9-10-5-2-1-3-6-10/h1-3,5-6,11,13-14H,4,7-9,12H2. The molecule has 0 saturated carbocycles. The Kier molecular flexibility index (Phi) is 5.68. The van der Waals surface area contributed by atoms with E-state index in [9.17, 15) is 0 Å². The Balaban J connectivity index is 2.23. The highest BCUT2D eigenvalue weighted by atomic mass is 32.1. The highest BCUT2D eigenvalue weighted by Crippen LogP contribution is 2.05. The number of hydrogen-bond donors (Lipinski definition) is 3. The van der Waals surface area contributed by atoms with Crippen LogP contribution < -0.4 is 11.1 Å². The maximum Gasteiger partial charge on any atom is 0.0543 e.